The summed E-state index contributed by atoms with van der Waals surface area (Å²) in [5.41, 5.74) is 14.9. The van der Waals surface area contributed by atoms with E-state index in [1.165, 1.54) is 71.5 Å². The molecule has 1 heterocycles. The van der Waals surface area contributed by atoms with E-state index in [-0.39, 0.29) is 5.41 Å². The molecule has 10 rings (SSSR count). The van der Waals surface area contributed by atoms with Gasteiger partial charge in [0.1, 0.15) is 11.2 Å². The van der Waals surface area contributed by atoms with E-state index < -0.39 is 0 Å². The minimum atomic E-state index is -0.200. The van der Waals surface area contributed by atoms with Crippen molar-refractivity contribution in [2.24, 2.45) is 0 Å². The van der Waals surface area contributed by atoms with Crippen LogP contribution in [0, 0.1) is 0 Å². The summed E-state index contributed by atoms with van der Waals surface area (Å²) in [6, 6.07) is 42.8. The predicted molar refractivity (Wildman–Crippen MR) is 220 cm³/mol. The van der Waals surface area contributed by atoms with Gasteiger partial charge in [0.25, 0.3) is 0 Å². The zero-order valence-electron chi connectivity index (χ0n) is 29.7. The van der Waals surface area contributed by atoms with Crippen molar-refractivity contribution in [3.8, 4) is 11.1 Å². The fraction of sp³-hybridized carbons (Fsp3) is 0.137. The summed E-state index contributed by atoms with van der Waals surface area (Å²) in [6.07, 6.45) is 20.3. The molecule has 3 aliphatic carbocycles. The van der Waals surface area contributed by atoms with Crippen LogP contribution in [0.5, 0.6) is 0 Å². The summed E-state index contributed by atoms with van der Waals surface area (Å²) in [7, 11) is 0. The molecular formula is C51H40O. The number of furan rings is 1. The van der Waals surface area contributed by atoms with Gasteiger partial charge in [-0.05, 0) is 115 Å². The molecule has 6 aromatic carbocycles. The molecular weight excluding hydrogens is 629 g/mol. The van der Waals surface area contributed by atoms with E-state index in [4.69, 9.17) is 4.42 Å². The van der Waals surface area contributed by atoms with Crippen LogP contribution in [0.3, 0.4) is 0 Å². The Bertz CT molecular complexity index is 2850. The molecule has 0 saturated heterocycles. The molecule has 1 heteroatoms. The number of fused-ring (bicyclic) bond motifs is 10. The summed E-state index contributed by atoms with van der Waals surface area (Å²) in [4.78, 5) is 0. The first-order chi connectivity index (χ1) is 25.6. The Balaban J connectivity index is 1.33. The van der Waals surface area contributed by atoms with Crippen LogP contribution in [0.1, 0.15) is 67.3 Å². The molecule has 7 aromatic rings. The van der Waals surface area contributed by atoms with Crippen LogP contribution in [-0.2, 0) is 5.41 Å². The van der Waals surface area contributed by atoms with Crippen molar-refractivity contribution >= 4 is 49.4 Å². The molecule has 0 amide bonds. The summed E-state index contributed by atoms with van der Waals surface area (Å²) in [6.45, 7) is 4.81. The topological polar surface area (TPSA) is 13.1 Å². The zero-order valence-corrected chi connectivity index (χ0v) is 29.7. The van der Waals surface area contributed by atoms with Crippen molar-refractivity contribution in [1.82, 2.24) is 0 Å². The molecule has 0 N–H and O–H groups in total. The minimum absolute atomic E-state index is 0.200. The van der Waals surface area contributed by atoms with Gasteiger partial charge in [-0.2, -0.15) is 0 Å². The van der Waals surface area contributed by atoms with Gasteiger partial charge in [0.05, 0.1) is 0 Å². The van der Waals surface area contributed by atoms with Crippen LogP contribution < -0.4 is 10.4 Å². The van der Waals surface area contributed by atoms with Gasteiger partial charge in [0, 0.05) is 21.6 Å². The summed E-state index contributed by atoms with van der Waals surface area (Å²) in [5.74, 6) is 0. The number of hydrogen-bond donors (Lipinski definition) is 0. The van der Waals surface area contributed by atoms with Crippen LogP contribution in [0.25, 0.3) is 60.6 Å². The monoisotopic (exact) mass is 668 g/mol. The third kappa shape index (κ3) is 4.76. The maximum atomic E-state index is 6.74. The highest BCUT2D eigenvalue weighted by atomic mass is 16.3. The lowest BCUT2D eigenvalue weighted by Crippen LogP contribution is -2.30. The van der Waals surface area contributed by atoms with Crippen molar-refractivity contribution in [2.75, 3.05) is 0 Å². The van der Waals surface area contributed by atoms with Crippen molar-refractivity contribution in [2.45, 2.75) is 44.9 Å². The number of hydrogen-bond acceptors (Lipinski definition) is 1. The molecule has 0 aliphatic heterocycles. The fourth-order valence-electron chi connectivity index (χ4n) is 9.10. The molecule has 0 fully saturated rings. The molecule has 1 nitrogen and oxygen atoms in total. The van der Waals surface area contributed by atoms with Crippen molar-refractivity contribution < 1.29 is 4.42 Å². The van der Waals surface area contributed by atoms with Gasteiger partial charge in [-0.3, -0.25) is 0 Å². The highest BCUT2D eigenvalue weighted by Crippen LogP contribution is 2.54. The molecule has 250 valence electrons. The van der Waals surface area contributed by atoms with Gasteiger partial charge in [0.15, 0.2) is 0 Å². The average Bonchev–Trinajstić information content (AvgIpc) is 3.69. The second-order valence-electron chi connectivity index (χ2n) is 15.0. The fourth-order valence-corrected chi connectivity index (χ4v) is 9.10. The molecule has 3 aliphatic rings. The lowest BCUT2D eigenvalue weighted by molar-refractivity contribution is 0.658. The standard InChI is InChI=1S/C51H40O/c1-51(2)46-24-14-12-23-43(46)48-41-30-31-42-40-22-13-15-25-47(40)52-50(42)45(41)32-44(49(48)51)39-19-9-4-3-8-18-36(37-20-10-11-21-38(37)39)35-28-26-34(27-29-35)33-16-6-5-7-17-33/h5-6,8-16,18-32H,3-4,7,17H2,1-2H3/b18-8+,19-9?,37-36+,39-38?. The van der Waals surface area contributed by atoms with E-state index in [2.05, 4.69) is 172 Å². The first kappa shape index (κ1) is 30.9. The highest BCUT2D eigenvalue weighted by Gasteiger charge is 2.39. The second kappa shape index (κ2) is 12.1. The minimum Gasteiger partial charge on any atom is -0.455 e. The maximum Gasteiger partial charge on any atom is 0.143 e. The predicted octanol–water partition coefficient (Wildman–Crippen LogP) is 12.1. The molecule has 1 aromatic heterocycles. The maximum absolute atomic E-state index is 6.74. The Morgan fingerprint density at radius 3 is 2.06 bits per heavy atom. The van der Waals surface area contributed by atoms with Gasteiger partial charge in [0.2, 0.25) is 0 Å². The van der Waals surface area contributed by atoms with Crippen LogP contribution in [-0.4, -0.2) is 0 Å². The van der Waals surface area contributed by atoms with Gasteiger partial charge in [-0.15, -0.1) is 0 Å². The number of benzene rings is 6. The van der Waals surface area contributed by atoms with E-state index in [9.17, 15) is 0 Å². The second-order valence-corrected chi connectivity index (χ2v) is 15.0. The molecule has 0 radical (unpaired) electrons. The quantitative estimate of drug-likeness (QED) is 0.183. The van der Waals surface area contributed by atoms with Crippen LogP contribution in [0.15, 0.2) is 162 Å². The van der Waals surface area contributed by atoms with Gasteiger partial charge in [-0.25, -0.2) is 0 Å². The lowest BCUT2D eigenvalue weighted by atomic mass is 9.77. The van der Waals surface area contributed by atoms with Crippen LogP contribution >= 0.6 is 0 Å². The van der Waals surface area contributed by atoms with Gasteiger partial charge in [-0.1, -0.05) is 153 Å². The summed E-state index contributed by atoms with van der Waals surface area (Å²) < 4.78 is 6.74. The average molecular weight is 669 g/mol. The van der Waals surface area contributed by atoms with E-state index >= 15 is 0 Å². The number of para-hydroxylation sites is 1. The number of allylic oxidation sites excluding steroid dienone is 8. The first-order valence-corrected chi connectivity index (χ1v) is 18.7. The Hall–Kier alpha value is -5.92. The third-order valence-electron chi connectivity index (χ3n) is 11.6. The Kier molecular flexibility index (Phi) is 7.18. The smallest absolute Gasteiger partial charge is 0.143 e. The number of rotatable bonds is 3. The van der Waals surface area contributed by atoms with Crippen molar-refractivity contribution in [3.63, 3.8) is 0 Å². The van der Waals surface area contributed by atoms with Gasteiger partial charge < -0.3 is 4.42 Å². The third-order valence-corrected chi connectivity index (χ3v) is 11.6. The molecule has 52 heavy (non-hydrogen) atoms. The highest BCUT2D eigenvalue weighted by molar-refractivity contribution is 6.19. The molecule has 0 bridgehead atoms. The molecule has 0 spiro atoms. The molecule has 0 atom stereocenters. The van der Waals surface area contributed by atoms with E-state index in [0.717, 1.165) is 53.0 Å². The lowest BCUT2D eigenvalue weighted by Gasteiger charge is -2.26. The first-order valence-electron chi connectivity index (χ1n) is 18.7. The Labute approximate surface area is 304 Å². The van der Waals surface area contributed by atoms with E-state index in [0.29, 0.717) is 0 Å². The summed E-state index contributed by atoms with van der Waals surface area (Å²) >= 11 is 0. The molecule has 0 unspecified atom stereocenters. The SMILES string of the molecule is CC1(C)c2ccccc2-c2c1c(C1=c3cccc/c3=C(c3ccc(C4=CC=CCC4)cc3)/C=C/CCC=C1)cc1c2ccc2c3ccccc3oc12. The summed E-state index contributed by atoms with van der Waals surface area (Å²) in [5, 5.41) is 7.23. The Morgan fingerprint density at radius 1 is 0.558 bits per heavy atom. The van der Waals surface area contributed by atoms with Crippen molar-refractivity contribution in [1.29, 1.82) is 0 Å². The largest absolute Gasteiger partial charge is 0.455 e. The Morgan fingerprint density at radius 2 is 1.25 bits per heavy atom. The van der Waals surface area contributed by atoms with Gasteiger partial charge >= 0.3 is 0 Å². The normalized spacial score (nSPS) is 18.0. The zero-order chi connectivity index (χ0) is 34.8. The van der Waals surface area contributed by atoms with Crippen LogP contribution in [0.2, 0.25) is 0 Å². The van der Waals surface area contributed by atoms with Crippen LogP contribution in [0.4, 0.5) is 0 Å². The van der Waals surface area contributed by atoms with E-state index in [1.54, 1.807) is 0 Å². The van der Waals surface area contributed by atoms with Crippen molar-refractivity contribution in [3.05, 3.63) is 196 Å². The molecule has 0 saturated carbocycles. The van der Waals surface area contributed by atoms with E-state index in [1.807, 2.05) is 0 Å².